The Morgan fingerprint density at radius 1 is 0.892 bits per heavy atom. The Balaban J connectivity index is 1.54. The number of hydrogen-bond acceptors (Lipinski definition) is 3. The predicted molar refractivity (Wildman–Crippen MR) is 121 cm³/mol. The second-order valence-corrected chi connectivity index (χ2v) is 8.01. The molecule has 0 saturated carbocycles. The highest BCUT2D eigenvalue weighted by atomic mass is 19.4. The van der Waals surface area contributed by atoms with Crippen molar-refractivity contribution >= 4 is 16.8 Å². The van der Waals surface area contributed by atoms with Crippen LogP contribution < -0.4 is 10.1 Å². The summed E-state index contributed by atoms with van der Waals surface area (Å²) in [5.74, 6) is -2.03. The van der Waals surface area contributed by atoms with Gasteiger partial charge < -0.3 is 10.1 Å². The summed E-state index contributed by atoms with van der Waals surface area (Å²) in [5.41, 5.74) is -0.831. The standard InChI is InChI=1S/C26H17F7N2O2/c1-37-23-12-17(25(28,29)30)5-6-18(23)15-3-8-21-16(11-15)4-9-22(35-21)24(36)34-13-14-2-7-20(27)19(10-14)26(31,32)33/h2-12H,13H2,1H3,(H,34,36). The molecule has 0 saturated heterocycles. The molecule has 37 heavy (non-hydrogen) atoms. The molecule has 1 aromatic heterocycles. The van der Waals surface area contributed by atoms with Crippen LogP contribution in [0.3, 0.4) is 0 Å². The normalized spacial score (nSPS) is 12.0. The van der Waals surface area contributed by atoms with Gasteiger partial charge in [0, 0.05) is 17.5 Å². The Labute approximate surface area is 205 Å². The van der Waals surface area contributed by atoms with Gasteiger partial charge in [0.25, 0.3) is 5.91 Å². The van der Waals surface area contributed by atoms with Crippen LogP contribution in [0.4, 0.5) is 30.7 Å². The molecule has 0 bridgehead atoms. The molecule has 1 N–H and O–H groups in total. The van der Waals surface area contributed by atoms with E-state index in [0.29, 0.717) is 34.2 Å². The number of rotatable bonds is 5. The zero-order valence-corrected chi connectivity index (χ0v) is 19.0. The van der Waals surface area contributed by atoms with Crippen molar-refractivity contribution in [1.82, 2.24) is 10.3 Å². The number of hydrogen-bond donors (Lipinski definition) is 1. The Hall–Kier alpha value is -4.15. The number of nitrogens with zero attached hydrogens (tertiary/aromatic N) is 1. The molecule has 11 heteroatoms. The average molecular weight is 522 g/mol. The third kappa shape index (κ3) is 5.65. The fraction of sp³-hybridized carbons (Fsp3) is 0.154. The molecule has 0 aliphatic heterocycles. The molecular weight excluding hydrogens is 505 g/mol. The molecule has 4 aromatic rings. The molecule has 0 spiro atoms. The lowest BCUT2D eigenvalue weighted by molar-refractivity contribution is -0.140. The third-order valence-corrected chi connectivity index (χ3v) is 5.55. The molecular formula is C26H17F7N2O2. The molecule has 4 rings (SSSR count). The Kier molecular flexibility index (Phi) is 6.81. The number of pyridine rings is 1. The maximum atomic E-state index is 13.5. The second-order valence-electron chi connectivity index (χ2n) is 8.01. The summed E-state index contributed by atoms with van der Waals surface area (Å²) in [6, 6.07) is 13.4. The second kappa shape index (κ2) is 9.72. The summed E-state index contributed by atoms with van der Waals surface area (Å²) in [7, 11) is 1.27. The monoisotopic (exact) mass is 522 g/mol. The number of amides is 1. The van der Waals surface area contributed by atoms with Crippen molar-refractivity contribution in [3.05, 3.63) is 94.9 Å². The highest BCUT2D eigenvalue weighted by molar-refractivity contribution is 5.95. The molecule has 0 aliphatic carbocycles. The summed E-state index contributed by atoms with van der Waals surface area (Å²) in [4.78, 5) is 16.8. The fourth-order valence-electron chi connectivity index (χ4n) is 3.70. The van der Waals surface area contributed by atoms with Gasteiger partial charge in [0.1, 0.15) is 17.3 Å². The van der Waals surface area contributed by atoms with Gasteiger partial charge >= 0.3 is 12.4 Å². The van der Waals surface area contributed by atoms with Crippen molar-refractivity contribution in [3.63, 3.8) is 0 Å². The number of methoxy groups -OCH3 is 1. The van der Waals surface area contributed by atoms with Crippen molar-refractivity contribution in [3.8, 4) is 16.9 Å². The summed E-state index contributed by atoms with van der Waals surface area (Å²) >= 11 is 0. The number of halogens is 7. The van der Waals surface area contributed by atoms with E-state index in [0.717, 1.165) is 18.2 Å². The number of carbonyl (C=O) groups is 1. The van der Waals surface area contributed by atoms with Crippen LogP contribution in [0.25, 0.3) is 22.0 Å². The van der Waals surface area contributed by atoms with Crippen molar-refractivity contribution < 1.29 is 40.3 Å². The van der Waals surface area contributed by atoms with Gasteiger partial charge in [0.15, 0.2) is 0 Å². The van der Waals surface area contributed by atoms with E-state index in [4.69, 9.17) is 4.74 Å². The average Bonchev–Trinajstić information content (AvgIpc) is 2.85. The van der Waals surface area contributed by atoms with E-state index in [1.807, 2.05) is 0 Å². The van der Waals surface area contributed by atoms with Gasteiger partial charge in [-0.05, 0) is 53.6 Å². The van der Waals surface area contributed by atoms with E-state index >= 15 is 0 Å². The minimum Gasteiger partial charge on any atom is -0.496 e. The number of nitrogens with one attached hydrogen (secondary N) is 1. The number of fused-ring (bicyclic) bond motifs is 1. The Morgan fingerprint density at radius 3 is 2.32 bits per heavy atom. The van der Waals surface area contributed by atoms with Crippen molar-refractivity contribution in [2.75, 3.05) is 7.11 Å². The lowest BCUT2D eigenvalue weighted by Gasteiger charge is -2.13. The van der Waals surface area contributed by atoms with Crippen LogP contribution in [0.1, 0.15) is 27.2 Å². The molecule has 4 nitrogen and oxygen atoms in total. The number of aromatic nitrogens is 1. The van der Waals surface area contributed by atoms with Crippen LogP contribution in [0.5, 0.6) is 5.75 Å². The molecule has 3 aromatic carbocycles. The first-order valence-corrected chi connectivity index (χ1v) is 10.7. The lowest BCUT2D eigenvalue weighted by atomic mass is 10.0. The molecule has 0 fully saturated rings. The molecule has 1 heterocycles. The van der Waals surface area contributed by atoms with Gasteiger partial charge in [0.2, 0.25) is 0 Å². The highest BCUT2D eigenvalue weighted by Gasteiger charge is 2.34. The van der Waals surface area contributed by atoms with Crippen LogP contribution in [-0.2, 0) is 18.9 Å². The highest BCUT2D eigenvalue weighted by Crippen LogP contribution is 2.38. The van der Waals surface area contributed by atoms with Crippen molar-refractivity contribution in [1.29, 1.82) is 0 Å². The predicted octanol–water partition coefficient (Wildman–Crippen LogP) is 7.02. The minimum atomic E-state index is -4.87. The Morgan fingerprint density at radius 2 is 1.65 bits per heavy atom. The first kappa shape index (κ1) is 25.9. The van der Waals surface area contributed by atoms with E-state index in [2.05, 4.69) is 10.3 Å². The zero-order valence-electron chi connectivity index (χ0n) is 19.0. The molecule has 0 unspecified atom stereocenters. The molecule has 0 radical (unpaired) electrons. The third-order valence-electron chi connectivity index (χ3n) is 5.55. The van der Waals surface area contributed by atoms with Gasteiger partial charge in [-0.1, -0.05) is 24.3 Å². The van der Waals surface area contributed by atoms with Crippen LogP contribution in [-0.4, -0.2) is 18.0 Å². The van der Waals surface area contributed by atoms with Crippen LogP contribution >= 0.6 is 0 Å². The van der Waals surface area contributed by atoms with Gasteiger partial charge in [0.05, 0.1) is 23.8 Å². The Bertz CT molecular complexity index is 1480. The van der Waals surface area contributed by atoms with Crippen molar-refractivity contribution in [2.24, 2.45) is 0 Å². The SMILES string of the molecule is COc1cc(C(F)(F)F)ccc1-c1ccc2nc(C(=O)NCc3ccc(F)c(C(F)(F)F)c3)ccc2c1. The summed E-state index contributed by atoms with van der Waals surface area (Å²) in [5, 5.41) is 3.04. The smallest absolute Gasteiger partial charge is 0.419 e. The zero-order chi connectivity index (χ0) is 27.0. The van der Waals surface area contributed by atoms with E-state index in [-0.39, 0.29) is 23.6 Å². The summed E-state index contributed by atoms with van der Waals surface area (Å²) in [6.45, 7) is -0.283. The van der Waals surface area contributed by atoms with Gasteiger partial charge in [-0.25, -0.2) is 9.37 Å². The first-order valence-electron chi connectivity index (χ1n) is 10.7. The molecule has 192 valence electrons. The fourth-order valence-corrected chi connectivity index (χ4v) is 3.70. The van der Waals surface area contributed by atoms with Crippen LogP contribution in [0.2, 0.25) is 0 Å². The summed E-state index contributed by atoms with van der Waals surface area (Å²) in [6.07, 6.45) is -9.39. The lowest BCUT2D eigenvalue weighted by Crippen LogP contribution is -2.24. The maximum Gasteiger partial charge on any atom is 0.419 e. The van der Waals surface area contributed by atoms with E-state index < -0.39 is 35.2 Å². The van der Waals surface area contributed by atoms with E-state index in [1.54, 1.807) is 24.3 Å². The van der Waals surface area contributed by atoms with Crippen LogP contribution in [0.15, 0.2) is 66.7 Å². The molecule has 1 amide bonds. The summed E-state index contributed by atoms with van der Waals surface area (Å²) < 4.78 is 96.4. The molecule has 0 atom stereocenters. The van der Waals surface area contributed by atoms with E-state index in [9.17, 15) is 35.5 Å². The maximum absolute atomic E-state index is 13.5. The van der Waals surface area contributed by atoms with Gasteiger partial charge in [-0.15, -0.1) is 0 Å². The number of alkyl halides is 6. The number of carbonyl (C=O) groups excluding carboxylic acids is 1. The minimum absolute atomic E-state index is 0.00878. The van der Waals surface area contributed by atoms with E-state index in [1.165, 1.54) is 19.2 Å². The largest absolute Gasteiger partial charge is 0.496 e. The van der Waals surface area contributed by atoms with Gasteiger partial charge in [-0.2, -0.15) is 26.3 Å². The molecule has 0 aliphatic rings. The first-order chi connectivity index (χ1) is 17.4. The number of ether oxygens (including phenoxy) is 1. The topological polar surface area (TPSA) is 51.2 Å². The van der Waals surface area contributed by atoms with Gasteiger partial charge in [-0.3, -0.25) is 4.79 Å². The quantitative estimate of drug-likeness (QED) is 0.287. The number of benzene rings is 3. The van der Waals surface area contributed by atoms with Crippen molar-refractivity contribution in [2.45, 2.75) is 18.9 Å². The van der Waals surface area contributed by atoms with Crippen LogP contribution in [0, 0.1) is 5.82 Å².